The molecule has 0 amide bonds. The minimum absolute atomic E-state index is 0.277. The highest BCUT2D eigenvalue weighted by atomic mass is 19.4. The average Bonchev–Trinajstić information content (AvgIpc) is 2.82. The van der Waals surface area contributed by atoms with E-state index in [9.17, 15) is 54.1 Å². The zero-order chi connectivity index (χ0) is 27.3. The van der Waals surface area contributed by atoms with Crippen LogP contribution in [0, 0.1) is 47.6 Å². The average molecular weight is 524 g/mol. The maximum atomic E-state index is 13.5. The van der Waals surface area contributed by atoms with Crippen LogP contribution >= 0.6 is 0 Å². The van der Waals surface area contributed by atoms with Gasteiger partial charge >= 0.3 is 6.18 Å². The molecular formula is C24H14F10O2. The Morgan fingerprint density at radius 2 is 1.11 bits per heavy atom. The monoisotopic (exact) mass is 524 g/mol. The van der Waals surface area contributed by atoms with Crippen LogP contribution < -0.4 is 0 Å². The fourth-order valence-corrected chi connectivity index (χ4v) is 3.40. The molecule has 4 aromatic carbocycles. The minimum atomic E-state index is -4.85. The van der Waals surface area contributed by atoms with Crippen LogP contribution in [0.4, 0.5) is 43.9 Å². The number of hydrogen-bond acceptors (Lipinski definition) is 2. The van der Waals surface area contributed by atoms with Crippen molar-refractivity contribution in [3.05, 3.63) is 88.2 Å². The second kappa shape index (κ2) is 9.16. The molecule has 0 aliphatic rings. The van der Waals surface area contributed by atoms with Gasteiger partial charge in [0.25, 0.3) is 0 Å². The van der Waals surface area contributed by atoms with E-state index in [2.05, 4.69) is 0 Å². The van der Waals surface area contributed by atoms with Crippen molar-refractivity contribution in [2.45, 2.75) is 25.6 Å². The number of aliphatic hydroxyl groups is 1. The third-order valence-corrected chi connectivity index (χ3v) is 5.53. The van der Waals surface area contributed by atoms with Crippen LogP contribution in [0.3, 0.4) is 0 Å². The molecule has 0 heterocycles. The summed E-state index contributed by atoms with van der Waals surface area (Å²) in [5, 5.41) is 17.3. The van der Waals surface area contributed by atoms with Crippen LogP contribution in [-0.4, -0.2) is 16.4 Å². The predicted molar refractivity (Wildman–Crippen MR) is 110 cm³/mol. The third kappa shape index (κ3) is 4.19. The number of fused-ring (bicyclic) bond motifs is 2. The van der Waals surface area contributed by atoms with Gasteiger partial charge in [0, 0.05) is 16.5 Å². The van der Waals surface area contributed by atoms with Gasteiger partial charge in [0.05, 0.1) is 10.8 Å². The molecule has 0 fully saturated rings. The normalized spacial score (nSPS) is 13.5. The smallest absolute Gasteiger partial charge is 0.421 e. The first-order valence-corrected chi connectivity index (χ1v) is 9.83. The summed E-state index contributed by atoms with van der Waals surface area (Å²) < 4.78 is 130. The fraction of sp³-hybridized carbons (Fsp3) is 0.167. The summed E-state index contributed by atoms with van der Waals surface area (Å²) in [6.45, 7) is 1.38. The molecule has 1 atom stereocenters. The Labute approximate surface area is 196 Å². The van der Waals surface area contributed by atoms with E-state index in [0.29, 0.717) is 12.3 Å². The van der Waals surface area contributed by atoms with Crippen LogP contribution in [0.15, 0.2) is 36.4 Å². The molecule has 12 heteroatoms. The Morgan fingerprint density at radius 1 is 0.639 bits per heavy atom. The number of alkyl halides is 3. The van der Waals surface area contributed by atoms with Crippen molar-refractivity contribution < 1.29 is 54.1 Å². The number of halogens is 10. The van der Waals surface area contributed by atoms with Gasteiger partial charge in [0.2, 0.25) is 0 Å². The quantitative estimate of drug-likeness (QED) is 0.154. The van der Waals surface area contributed by atoms with Crippen molar-refractivity contribution in [2.75, 3.05) is 0 Å². The molecule has 4 aromatic rings. The lowest BCUT2D eigenvalue weighted by atomic mass is 9.92. The van der Waals surface area contributed by atoms with Crippen LogP contribution in [0.5, 0.6) is 5.75 Å². The van der Waals surface area contributed by atoms with Gasteiger partial charge in [-0.05, 0) is 19.2 Å². The molecule has 4 rings (SSSR count). The Balaban J connectivity index is 0.000000201. The lowest BCUT2D eigenvalue weighted by Crippen LogP contribution is -2.39. The highest BCUT2D eigenvalue weighted by molar-refractivity contribution is 5.89. The fourth-order valence-electron chi connectivity index (χ4n) is 3.40. The Kier molecular flexibility index (Phi) is 6.88. The molecular weight excluding hydrogens is 510 g/mol. The first-order chi connectivity index (χ1) is 16.5. The number of hydrogen-bond donors (Lipinski definition) is 2. The molecule has 0 radical (unpaired) electrons. The molecule has 2 N–H and O–H groups in total. The first-order valence-electron chi connectivity index (χ1n) is 9.83. The Bertz CT molecular complexity index is 1380. The van der Waals surface area contributed by atoms with Crippen molar-refractivity contribution in [3.8, 4) is 5.75 Å². The minimum Gasteiger partial charge on any atom is -0.507 e. The molecule has 0 spiro atoms. The van der Waals surface area contributed by atoms with Crippen molar-refractivity contribution in [1.29, 1.82) is 0 Å². The molecule has 1 unspecified atom stereocenters. The molecule has 0 aliphatic heterocycles. The van der Waals surface area contributed by atoms with Gasteiger partial charge < -0.3 is 10.2 Å². The summed E-state index contributed by atoms with van der Waals surface area (Å²) >= 11 is 0. The van der Waals surface area contributed by atoms with Gasteiger partial charge in [-0.1, -0.05) is 36.4 Å². The number of phenols is 1. The summed E-state index contributed by atoms with van der Waals surface area (Å²) in [4.78, 5) is 0. The summed E-state index contributed by atoms with van der Waals surface area (Å²) in [5.41, 5.74) is -4.58. The van der Waals surface area contributed by atoms with E-state index >= 15 is 0 Å². The van der Waals surface area contributed by atoms with Gasteiger partial charge in [-0.15, -0.1) is 0 Å². The van der Waals surface area contributed by atoms with Crippen LogP contribution in [-0.2, 0) is 5.60 Å². The first kappa shape index (κ1) is 27.1. The third-order valence-electron chi connectivity index (χ3n) is 5.53. The van der Waals surface area contributed by atoms with E-state index in [4.69, 9.17) is 0 Å². The van der Waals surface area contributed by atoms with Crippen molar-refractivity contribution >= 4 is 21.5 Å². The van der Waals surface area contributed by atoms with Gasteiger partial charge in [0.15, 0.2) is 40.5 Å². The maximum Gasteiger partial charge on any atom is 0.421 e. The highest BCUT2D eigenvalue weighted by Crippen LogP contribution is 2.44. The summed E-state index contributed by atoms with van der Waals surface area (Å²) in [5.74, 6) is -14.9. The van der Waals surface area contributed by atoms with Crippen LogP contribution in [0.2, 0.25) is 0 Å². The van der Waals surface area contributed by atoms with Crippen molar-refractivity contribution in [2.24, 2.45) is 0 Å². The predicted octanol–water partition coefficient (Wildman–Crippen LogP) is 7.44. The van der Waals surface area contributed by atoms with Crippen LogP contribution in [0.1, 0.15) is 18.1 Å². The lowest BCUT2D eigenvalue weighted by molar-refractivity contribution is -0.259. The topological polar surface area (TPSA) is 40.5 Å². The molecule has 2 nitrogen and oxygen atoms in total. The Hall–Kier alpha value is -3.54. The lowest BCUT2D eigenvalue weighted by Gasteiger charge is -2.27. The number of benzene rings is 4. The summed E-state index contributed by atoms with van der Waals surface area (Å²) in [7, 11) is 0. The molecule has 36 heavy (non-hydrogen) atoms. The molecule has 0 bridgehead atoms. The van der Waals surface area contributed by atoms with Crippen molar-refractivity contribution in [3.63, 3.8) is 0 Å². The largest absolute Gasteiger partial charge is 0.507 e. The van der Waals surface area contributed by atoms with E-state index in [1.165, 1.54) is 12.1 Å². The molecule has 0 saturated carbocycles. The van der Waals surface area contributed by atoms with E-state index in [0.717, 1.165) is 13.0 Å². The SMILES string of the molecule is CC(O)(c1ccc2ccccc2c1O)C(F)(F)F.Cc1c(F)c(F)c2c(F)c(F)c(F)c(F)c2c1F. The maximum absolute atomic E-state index is 13.5. The van der Waals surface area contributed by atoms with Gasteiger partial charge in [-0.3, -0.25) is 0 Å². The second-order valence-electron chi connectivity index (χ2n) is 7.83. The van der Waals surface area contributed by atoms with E-state index in [-0.39, 0.29) is 5.39 Å². The van der Waals surface area contributed by atoms with E-state index < -0.39 is 80.1 Å². The zero-order valence-electron chi connectivity index (χ0n) is 18.1. The van der Waals surface area contributed by atoms with Gasteiger partial charge in [-0.2, -0.15) is 13.2 Å². The number of rotatable bonds is 1. The van der Waals surface area contributed by atoms with Crippen molar-refractivity contribution in [1.82, 2.24) is 0 Å². The molecule has 192 valence electrons. The van der Waals surface area contributed by atoms with Gasteiger partial charge in [-0.25, -0.2) is 30.7 Å². The summed E-state index contributed by atoms with van der Waals surface area (Å²) in [6.07, 6.45) is -4.85. The number of aromatic hydroxyl groups is 1. The molecule has 0 aromatic heterocycles. The highest BCUT2D eigenvalue weighted by Gasteiger charge is 2.52. The number of phenolic OH excluding ortho intramolecular Hbond substituents is 1. The van der Waals surface area contributed by atoms with E-state index in [1.807, 2.05) is 0 Å². The Morgan fingerprint density at radius 3 is 1.64 bits per heavy atom. The summed E-state index contributed by atoms with van der Waals surface area (Å²) in [6, 6.07) is 9.01. The van der Waals surface area contributed by atoms with E-state index in [1.54, 1.807) is 18.2 Å². The molecule has 0 aliphatic carbocycles. The van der Waals surface area contributed by atoms with Gasteiger partial charge in [0.1, 0.15) is 11.6 Å². The van der Waals surface area contributed by atoms with Crippen LogP contribution in [0.25, 0.3) is 21.5 Å². The standard InChI is InChI=1S/C13H11F3O2.C11H3F7/c1-12(18,13(14,15)16)10-7-6-8-4-2-3-5-9(8)11(10)17;1-2-5(12)3-4(7(14)6(2)13)9(16)11(18)10(17)8(3)15/h2-7,17-18H,1H3;1H3. The second-order valence-corrected chi connectivity index (χ2v) is 7.83. The molecule has 0 saturated heterocycles. The zero-order valence-corrected chi connectivity index (χ0v) is 18.1.